The molecule has 1 aliphatic rings. The van der Waals surface area contributed by atoms with Crippen molar-refractivity contribution in [2.75, 3.05) is 18.5 Å². The van der Waals surface area contributed by atoms with Crippen molar-refractivity contribution in [3.05, 3.63) is 51.1 Å². The van der Waals surface area contributed by atoms with Crippen LogP contribution in [0.3, 0.4) is 0 Å². The number of amides is 2. The monoisotopic (exact) mass is 392 g/mol. The predicted molar refractivity (Wildman–Crippen MR) is 99.8 cm³/mol. The van der Waals surface area contributed by atoms with Gasteiger partial charge in [-0.3, -0.25) is 4.79 Å². The Morgan fingerprint density at radius 3 is 2.81 bits per heavy atom. The second-order valence-electron chi connectivity index (χ2n) is 5.99. The number of likely N-dealkylation sites (tertiary alicyclic amines) is 1. The van der Waals surface area contributed by atoms with E-state index >= 15 is 0 Å². The van der Waals surface area contributed by atoms with Crippen molar-refractivity contribution in [2.45, 2.75) is 12.8 Å². The van der Waals surface area contributed by atoms with Crippen LogP contribution in [0.15, 0.2) is 34.7 Å². The topological polar surface area (TPSA) is 67.2 Å². The van der Waals surface area contributed by atoms with Crippen LogP contribution in [0, 0.1) is 5.82 Å². The Kier molecular flexibility index (Phi) is 4.37. The number of rotatable bonds is 2. The van der Waals surface area contributed by atoms with E-state index < -0.39 is 5.82 Å². The normalized spacial score (nSPS) is 14.2. The molecule has 0 aliphatic carbocycles. The molecule has 2 aromatic heterocycles. The molecule has 0 atom stereocenters. The van der Waals surface area contributed by atoms with Crippen LogP contribution in [0.4, 0.5) is 9.18 Å². The van der Waals surface area contributed by atoms with Gasteiger partial charge in [0, 0.05) is 24.0 Å². The van der Waals surface area contributed by atoms with E-state index in [9.17, 15) is 14.0 Å². The molecule has 1 N–H and O–H groups in total. The van der Waals surface area contributed by atoms with Crippen LogP contribution in [0.1, 0.15) is 12.8 Å². The van der Waals surface area contributed by atoms with E-state index in [2.05, 4.69) is 10.4 Å². The van der Waals surface area contributed by atoms with Crippen molar-refractivity contribution in [3.63, 3.8) is 0 Å². The van der Waals surface area contributed by atoms with E-state index in [-0.39, 0.29) is 16.6 Å². The molecule has 4 rings (SSSR count). The van der Waals surface area contributed by atoms with Gasteiger partial charge in [0.1, 0.15) is 17.0 Å². The van der Waals surface area contributed by atoms with Crippen LogP contribution in [0.5, 0.6) is 0 Å². The summed E-state index contributed by atoms with van der Waals surface area (Å²) in [5.74, 6) is -0.525. The van der Waals surface area contributed by atoms with Crippen molar-refractivity contribution < 1.29 is 9.18 Å². The molecule has 1 aliphatic heterocycles. The number of halogens is 2. The Hall–Kier alpha value is -2.45. The minimum absolute atomic E-state index is 0.0200. The summed E-state index contributed by atoms with van der Waals surface area (Å²) in [6.07, 6.45) is 3.22. The third kappa shape index (κ3) is 2.95. The Morgan fingerprint density at radius 2 is 2.08 bits per heavy atom. The van der Waals surface area contributed by atoms with Gasteiger partial charge in [0.15, 0.2) is 0 Å². The molecule has 3 heterocycles. The van der Waals surface area contributed by atoms with Crippen LogP contribution < -0.4 is 11.0 Å². The van der Waals surface area contributed by atoms with Crippen molar-refractivity contribution in [1.29, 1.82) is 0 Å². The molecular weight excluding hydrogens is 379 g/mol. The van der Waals surface area contributed by atoms with Crippen molar-refractivity contribution in [1.82, 2.24) is 14.6 Å². The average Bonchev–Trinajstić information content (AvgIpc) is 3.29. The molecule has 134 valence electrons. The summed E-state index contributed by atoms with van der Waals surface area (Å²) in [4.78, 5) is 31.6. The van der Waals surface area contributed by atoms with E-state index in [0.717, 1.165) is 17.5 Å². The van der Waals surface area contributed by atoms with E-state index in [1.54, 1.807) is 16.3 Å². The summed E-state index contributed by atoms with van der Waals surface area (Å²) in [6.45, 7) is 1.35. The number of urea groups is 1. The smallest absolute Gasteiger partial charge is 0.323 e. The highest BCUT2D eigenvalue weighted by Gasteiger charge is 2.20. The van der Waals surface area contributed by atoms with Gasteiger partial charge in [0.25, 0.3) is 5.56 Å². The molecule has 1 aromatic carbocycles. The molecular formula is C17H14ClFN4O2S. The first kappa shape index (κ1) is 17.0. The summed E-state index contributed by atoms with van der Waals surface area (Å²) >= 11 is 7.16. The van der Waals surface area contributed by atoms with Gasteiger partial charge in [0.05, 0.1) is 10.4 Å². The lowest BCUT2D eigenvalue weighted by Gasteiger charge is -2.16. The highest BCUT2D eigenvalue weighted by Crippen LogP contribution is 2.32. The van der Waals surface area contributed by atoms with E-state index in [1.807, 2.05) is 0 Å². The SMILES string of the molecule is O=C(Nn1cnc2scc(-c3ccc(F)c(Cl)c3)c2c1=O)N1CCCC1. The summed E-state index contributed by atoms with van der Waals surface area (Å²) in [6, 6.07) is 3.96. The molecule has 0 saturated carbocycles. The second kappa shape index (κ2) is 6.69. The first-order valence-corrected chi connectivity index (χ1v) is 9.30. The maximum absolute atomic E-state index is 13.4. The number of hydrogen-bond donors (Lipinski definition) is 1. The van der Waals surface area contributed by atoms with Gasteiger partial charge in [-0.15, -0.1) is 11.3 Å². The quantitative estimate of drug-likeness (QED) is 0.723. The van der Waals surface area contributed by atoms with Gasteiger partial charge in [-0.05, 0) is 30.5 Å². The van der Waals surface area contributed by atoms with Gasteiger partial charge >= 0.3 is 6.03 Å². The predicted octanol–water partition coefficient (Wildman–Crippen LogP) is 3.68. The molecule has 26 heavy (non-hydrogen) atoms. The Morgan fingerprint density at radius 1 is 1.31 bits per heavy atom. The Bertz CT molecular complexity index is 1060. The van der Waals surface area contributed by atoms with Crippen LogP contribution in [0.25, 0.3) is 21.3 Å². The standard InChI is InChI=1S/C17H14ClFN4O2S/c18-12-7-10(3-4-13(12)19)11-8-26-15-14(11)16(24)23(9-20-15)21-17(25)22-5-1-2-6-22/h3-4,7-9H,1-2,5-6H2,(H,21,25). The summed E-state index contributed by atoms with van der Waals surface area (Å²) in [5, 5.41) is 2.12. The molecule has 0 unspecified atom stereocenters. The third-order valence-electron chi connectivity index (χ3n) is 4.33. The lowest BCUT2D eigenvalue weighted by atomic mass is 10.1. The van der Waals surface area contributed by atoms with Gasteiger partial charge in [0.2, 0.25) is 0 Å². The number of benzene rings is 1. The zero-order valence-corrected chi connectivity index (χ0v) is 15.1. The largest absolute Gasteiger partial charge is 0.336 e. The zero-order valence-electron chi connectivity index (χ0n) is 13.5. The van der Waals surface area contributed by atoms with Gasteiger partial charge in [-0.2, -0.15) is 0 Å². The number of thiophene rings is 1. The number of nitrogens with one attached hydrogen (secondary N) is 1. The van der Waals surface area contributed by atoms with Crippen LogP contribution in [0.2, 0.25) is 5.02 Å². The highest BCUT2D eigenvalue weighted by molar-refractivity contribution is 7.17. The molecule has 6 nitrogen and oxygen atoms in total. The molecule has 0 spiro atoms. The van der Waals surface area contributed by atoms with Gasteiger partial charge in [-0.25, -0.2) is 24.3 Å². The summed E-state index contributed by atoms with van der Waals surface area (Å²) in [5.41, 5.74) is 3.41. The van der Waals surface area contributed by atoms with Gasteiger partial charge < -0.3 is 4.90 Å². The minimum atomic E-state index is -0.525. The van der Waals surface area contributed by atoms with Gasteiger partial charge in [-0.1, -0.05) is 17.7 Å². The number of aromatic nitrogens is 2. The summed E-state index contributed by atoms with van der Waals surface area (Å²) < 4.78 is 14.5. The molecule has 9 heteroatoms. The zero-order chi connectivity index (χ0) is 18.3. The van der Waals surface area contributed by atoms with Crippen molar-refractivity contribution >= 4 is 39.2 Å². The third-order valence-corrected chi connectivity index (χ3v) is 5.51. The number of carbonyl (C=O) groups is 1. The Balaban J connectivity index is 1.75. The lowest BCUT2D eigenvalue weighted by Crippen LogP contribution is -2.40. The molecule has 0 radical (unpaired) electrons. The number of nitrogens with zero attached hydrogens (tertiary/aromatic N) is 3. The van der Waals surface area contributed by atoms with Crippen molar-refractivity contribution in [3.8, 4) is 11.1 Å². The first-order chi connectivity index (χ1) is 12.5. The molecule has 1 fully saturated rings. The van der Waals surface area contributed by atoms with E-state index in [1.165, 1.54) is 29.8 Å². The van der Waals surface area contributed by atoms with E-state index in [0.29, 0.717) is 34.4 Å². The lowest BCUT2D eigenvalue weighted by molar-refractivity contribution is 0.219. The highest BCUT2D eigenvalue weighted by atomic mass is 35.5. The first-order valence-electron chi connectivity index (χ1n) is 8.05. The number of fused-ring (bicyclic) bond motifs is 1. The maximum Gasteiger partial charge on any atom is 0.336 e. The number of hydrogen-bond acceptors (Lipinski definition) is 4. The maximum atomic E-state index is 13.4. The molecule has 2 amide bonds. The van der Waals surface area contributed by atoms with Crippen LogP contribution in [-0.4, -0.2) is 33.7 Å². The second-order valence-corrected chi connectivity index (χ2v) is 7.25. The minimum Gasteiger partial charge on any atom is -0.323 e. The molecule has 1 saturated heterocycles. The summed E-state index contributed by atoms with van der Waals surface area (Å²) in [7, 11) is 0. The fourth-order valence-corrected chi connectivity index (χ4v) is 4.07. The Labute approximate surface area is 156 Å². The molecule has 0 bridgehead atoms. The van der Waals surface area contributed by atoms with E-state index in [4.69, 9.17) is 11.6 Å². The fourth-order valence-electron chi connectivity index (χ4n) is 2.98. The fraction of sp³-hybridized carbons (Fsp3) is 0.235. The van der Waals surface area contributed by atoms with Crippen LogP contribution in [-0.2, 0) is 0 Å². The van der Waals surface area contributed by atoms with Crippen LogP contribution >= 0.6 is 22.9 Å². The van der Waals surface area contributed by atoms with Crippen molar-refractivity contribution in [2.24, 2.45) is 0 Å². The number of carbonyl (C=O) groups excluding carboxylic acids is 1. The average molecular weight is 393 g/mol. The molecule has 3 aromatic rings.